The monoisotopic (exact) mass is 260 g/mol. The highest BCUT2D eigenvalue weighted by molar-refractivity contribution is 7.11. The van der Waals surface area contributed by atoms with E-state index in [-0.39, 0.29) is 6.04 Å². The first-order chi connectivity index (χ1) is 8.72. The van der Waals surface area contributed by atoms with Gasteiger partial charge in [0.25, 0.3) is 0 Å². The molecule has 0 aliphatic carbocycles. The molecule has 1 N–H and O–H groups in total. The van der Waals surface area contributed by atoms with Crippen molar-refractivity contribution in [2.75, 3.05) is 6.54 Å². The Morgan fingerprint density at radius 2 is 1.94 bits per heavy atom. The Balaban J connectivity index is 2.34. The van der Waals surface area contributed by atoms with Crippen LogP contribution in [0, 0.1) is 13.8 Å². The van der Waals surface area contributed by atoms with E-state index in [0.717, 1.165) is 23.7 Å². The standard InChI is InChI=1S/C15H20N2S/c1-4-10-16-14(13-8-6-5-7-9-13)15-11(2)17-12(3)18-15/h5-9,14,16H,4,10H2,1-3H3. The molecule has 1 atom stereocenters. The van der Waals surface area contributed by atoms with Gasteiger partial charge in [0, 0.05) is 4.88 Å². The van der Waals surface area contributed by atoms with Gasteiger partial charge in [0.15, 0.2) is 0 Å². The molecular weight excluding hydrogens is 240 g/mol. The van der Waals surface area contributed by atoms with E-state index < -0.39 is 0 Å². The summed E-state index contributed by atoms with van der Waals surface area (Å²) in [6.07, 6.45) is 1.14. The first-order valence-electron chi connectivity index (χ1n) is 6.44. The fourth-order valence-corrected chi connectivity index (χ4v) is 3.14. The van der Waals surface area contributed by atoms with Crippen molar-refractivity contribution in [1.82, 2.24) is 10.3 Å². The number of aromatic nitrogens is 1. The molecule has 0 saturated carbocycles. The van der Waals surface area contributed by atoms with Crippen molar-refractivity contribution in [3.63, 3.8) is 0 Å². The van der Waals surface area contributed by atoms with Gasteiger partial charge in [-0.3, -0.25) is 0 Å². The molecule has 0 aliphatic heterocycles. The van der Waals surface area contributed by atoms with Crippen LogP contribution in [0.25, 0.3) is 0 Å². The summed E-state index contributed by atoms with van der Waals surface area (Å²) < 4.78 is 0. The van der Waals surface area contributed by atoms with Crippen LogP contribution < -0.4 is 5.32 Å². The van der Waals surface area contributed by atoms with Gasteiger partial charge in [0.1, 0.15) is 0 Å². The Kier molecular flexibility index (Phi) is 4.50. The second-order valence-corrected chi connectivity index (χ2v) is 5.72. The third-order valence-corrected chi connectivity index (χ3v) is 4.07. The Bertz CT molecular complexity index is 490. The molecule has 18 heavy (non-hydrogen) atoms. The second kappa shape index (κ2) is 6.12. The minimum Gasteiger partial charge on any atom is -0.306 e. The van der Waals surface area contributed by atoms with Crippen molar-refractivity contribution in [3.05, 3.63) is 51.5 Å². The number of rotatable bonds is 5. The molecule has 0 amide bonds. The molecule has 2 aromatic rings. The molecule has 1 aromatic carbocycles. The van der Waals surface area contributed by atoms with Crippen molar-refractivity contribution in [2.24, 2.45) is 0 Å². The van der Waals surface area contributed by atoms with E-state index in [1.807, 2.05) is 0 Å². The smallest absolute Gasteiger partial charge is 0.0900 e. The Labute approximate surface area is 113 Å². The first-order valence-corrected chi connectivity index (χ1v) is 7.26. The molecule has 0 fully saturated rings. The number of aryl methyl sites for hydroxylation is 2. The Morgan fingerprint density at radius 1 is 1.22 bits per heavy atom. The summed E-state index contributed by atoms with van der Waals surface area (Å²) in [5.41, 5.74) is 2.47. The fourth-order valence-electron chi connectivity index (χ4n) is 2.11. The largest absolute Gasteiger partial charge is 0.306 e. The number of hydrogen-bond acceptors (Lipinski definition) is 3. The van der Waals surface area contributed by atoms with Gasteiger partial charge in [-0.25, -0.2) is 4.98 Å². The summed E-state index contributed by atoms with van der Waals surface area (Å²) in [7, 11) is 0. The van der Waals surface area contributed by atoms with Crippen LogP contribution in [-0.2, 0) is 0 Å². The normalized spacial score (nSPS) is 12.6. The molecule has 0 aliphatic rings. The number of benzene rings is 1. The van der Waals surface area contributed by atoms with Crippen LogP contribution in [0.5, 0.6) is 0 Å². The molecule has 0 bridgehead atoms. The van der Waals surface area contributed by atoms with Gasteiger partial charge in [-0.1, -0.05) is 37.3 Å². The lowest BCUT2D eigenvalue weighted by Crippen LogP contribution is -2.23. The number of thiazole rings is 1. The van der Waals surface area contributed by atoms with E-state index in [2.05, 4.69) is 61.4 Å². The zero-order chi connectivity index (χ0) is 13.0. The van der Waals surface area contributed by atoms with Crippen LogP contribution in [0.1, 0.15) is 40.5 Å². The summed E-state index contributed by atoms with van der Waals surface area (Å²) in [5.74, 6) is 0. The van der Waals surface area contributed by atoms with Crippen LogP contribution >= 0.6 is 11.3 Å². The molecule has 1 aromatic heterocycles. The minimum atomic E-state index is 0.275. The van der Waals surface area contributed by atoms with Gasteiger partial charge in [0.05, 0.1) is 16.7 Å². The van der Waals surface area contributed by atoms with Gasteiger partial charge in [-0.15, -0.1) is 11.3 Å². The van der Waals surface area contributed by atoms with Gasteiger partial charge in [-0.05, 0) is 32.4 Å². The van der Waals surface area contributed by atoms with Gasteiger partial charge in [-0.2, -0.15) is 0 Å². The van der Waals surface area contributed by atoms with Crippen molar-refractivity contribution in [2.45, 2.75) is 33.2 Å². The highest BCUT2D eigenvalue weighted by Gasteiger charge is 2.18. The van der Waals surface area contributed by atoms with Crippen LogP contribution in [0.3, 0.4) is 0 Å². The van der Waals surface area contributed by atoms with Crippen LogP contribution in [-0.4, -0.2) is 11.5 Å². The van der Waals surface area contributed by atoms with Crippen molar-refractivity contribution < 1.29 is 0 Å². The van der Waals surface area contributed by atoms with Crippen molar-refractivity contribution in [1.29, 1.82) is 0 Å². The van der Waals surface area contributed by atoms with Crippen LogP contribution in [0.15, 0.2) is 30.3 Å². The number of hydrogen-bond donors (Lipinski definition) is 1. The highest BCUT2D eigenvalue weighted by Crippen LogP contribution is 2.29. The third kappa shape index (κ3) is 2.98. The zero-order valence-corrected chi connectivity index (χ0v) is 12.1. The molecule has 2 nitrogen and oxygen atoms in total. The molecule has 0 saturated heterocycles. The minimum absolute atomic E-state index is 0.275. The lowest BCUT2D eigenvalue weighted by Gasteiger charge is -2.18. The molecular formula is C15H20N2S. The molecule has 0 radical (unpaired) electrons. The van der Waals surface area contributed by atoms with Gasteiger partial charge >= 0.3 is 0 Å². The maximum Gasteiger partial charge on any atom is 0.0900 e. The number of nitrogens with zero attached hydrogens (tertiary/aromatic N) is 1. The summed E-state index contributed by atoms with van der Waals surface area (Å²) in [5, 5.41) is 4.77. The van der Waals surface area contributed by atoms with Crippen LogP contribution in [0.2, 0.25) is 0 Å². The van der Waals surface area contributed by atoms with E-state index in [4.69, 9.17) is 0 Å². The summed E-state index contributed by atoms with van der Waals surface area (Å²) in [4.78, 5) is 5.88. The summed E-state index contributed by atoms with van der Waals surface area (Å²) in [6, 6.07) is 10.9. The lowest BCUT2D eigenvalue weighted by molar-refractivity contribution is 0.603. The predicted molar refractivity (Wildman–Crippen MR) is 78.2 cm³/mol. The molecule has 1 unspecified atom stereocenters. The Hall–Kier alpha value is -1.19. The molecule has 3 heteroatoms. The average molecular weight is 260 g/mol. The Morgan fingerprint density at radius 3 is 2.50 bits per heavy atom. The summed E-state index contributed by atoms with van der Waals surface area (Å²) in [6.45, 7) is 7.39. The SMILES string of the molecule is CCCNC(c1ccccc1)c1sc(C)nc1C. The molecule has 2 rings (SSSR count). The topological polar surface area (TPSA) is 24.9 Å². The number of nitrogens with one attached hydrogen (secondary N) is 1. The van der Waals surface area contributed by atoms with E-state index in [0.29, 0.717) is 0 Å². The second-order valence-electron chi connectivity index (χ2n) is 4.48. The molecule has 96 valence electrons. The fraction of sp³-hybridized carbons (Fsp3) is 0.400. The van der Waals surface area contributed by atoms with E-state index in [1.54, 1.807) is 11.3 Å². The molecule has 1 heterocycles. The molecule has 0 spiro atoms. The maximum atomic E-state index is 4.54. The lowest BCUT2D eigenvalue weighted by atomic mass is 10.0. The highest BCUT2D eigenvalue weighted by atomic mass is 32.1. The zero-order valence-electron chi connectivity index (χ0n) is 11.2. The quantitative estimate of drug-likeness (QED) is 0.883. The van der Waals surface area contributed by atoms with E-state index >= 15 is 0 Å². The average Bonchev–Trinajstić information content (AvgIpc) is 2.70. The van der Waals surface area contributed by atoms with Crippen LogP contribution in [0.4, 0.5) is 0 Å². The van der Waals surface area contributed by atoms with Crippen molar-refractivity contribution in [3.8, 4) is 0 Å². The van der Waals surface area contributed by atoms with Gasteiger partial charge < -0.3 is 5.32 Å². The summed E-state index contributed by atoms with van der Waals surface area (Å²) >= 11 is 1.79. The van der Waals surface area contributed by atoms with E-state index in [1.165, 1.54) is 10.4 Å². The predicted octanol–water partition coefficient (Wildman–Crippen LogP) is 3.85. The third-order valence-electron chi connectivity index (χ3n) is 2.93. The first kappa shape index (κ1) is 13.2. The maximum absolute atomic E-state index is 4.54. The van der Waals surface area contributed by atoms with Crippen molar-refractivity contribution >= 4 is 11.3 Å². The van der Waals surface area contributed by atoms with Gasteiger partial charge in [0.2, 0.25) is 0 Å². The van der Waals surface area contributed by atoms with E-state index in [9.17, 15) is 0 Å².